The van der Waals surface area contributed by atoms with Crippen molar-refractivity contribution in [2.45, 2.75) is 174 Å². The lowest BCUT2D eigenvalue weighted by molar-refractivity contribution is -0.171. The van der Waals surface area contributed by atoms with E-state index in [4.69, 9.17) is 0 Å². The summed E-state index contributed by atoms with van der Waals surface area (Å²) in [5.74, 6) is 0.464. The average molecular weight is 475 g/mol. The number of hydrogen-bond acceptors (Lipinski definition) is 1. The molecule has 3 saturated carbocycles. The summed E-state index contributed by atoms with van der Waals surface area (Å²) < 4.78 is 0. The summed E-state index contributed by atoms with van der Waals surface area (Å²) in [5.41, 5.74) is 0.151. The van der Waals surface area contributed by atoms with Crippen LogP contribution in [0.2, 0.25) is 0 Å². The molecule has 0 aliphatic heterocycles. The van der Waals surface area contributed by atoms with E-state index in [1.54, 1.807) is 0 Å². The first-order valence-corrected chi connectivity index (χ1v) is 15.8. The Morgan fingerprint density at radius 1 is 0.647 bits per heavy atom. The van der Waals surface area contributed by atoms with Gasteiger partial charge in [0.05, 0.1) is 5.41 Å². The second kappa shape index (κ2) is 13.7. The standard InChI is InChI=1S/C32H58O2/c1-3-5-6-7-8-9-10-15-21-30(28-18-13-11-14-19-28)24-26-31(20-4-2,27-25-30)32(29(33)34)22-16-12-17-23-32/h28H,3-27H2,1-2H3,(H,33,34). The topological polar surface area (TPSA) is 37.3 Å². The SMILES string of the molecule is CCCCCCCCCCC1(C2CCCCC2)CCC(CCC)(C2(C(=O)O)CCCCC2)CC1. The Kier molecular flexibility index (Phi) is 11.3. The summed E-state index contributed by atoms with van der Waals surface area (Å²) in [6, 6.07) is 0. The number of carboxylic acids is 1. The van der Waals surface area contributed by atoms with Gasteiger partial charge < -0.3 is 5.11 Å². The number of aliphatic carboxylic acids is 1. The summed E-state index contributed by atoms with van der Waals surface area (Å²) in [6.45, 7) is 4.60. The van der Waals surface area contributed by atoms with Gasteiger partial charge >= 0.3 is 5.97 Å². The van der Waals surface area contributed by atoms with Gasteiger partial charge in [-0.3, -0.25) is 4.79 Å². The average Bonchev–Trinajstić information content (AvgIpc) is 2.88. The van der Waals surface area contributed by atoms with Gasteiger partial charge in [-0.15, -0.1) is 0 Å². The van der Waals surface area contributed by atoms with Crippen LogP contribution in [0.5, 0.6) is 0 Å². The third kappa shape index (κ3) is 6.42. The predicted molar refractivity (Wildman–Crippen MR) is 145 cm³/mol. The second-order valence-electron chi connectivity index (χ2n) is 12.9. The fourth-order valence-corrected chi connectivity index (χ4v) is 8.99. The van der Waals surface area contributed by atoms with E-state index in [9.17, 15) is 9.90 Å². The highest BCUT2D eigenvalue weighted by molar-refractivity contribution is 5.76. The molecular weight excluding hydrogens is 416 g/mol. The Hall–Kier alpha value is -0.530. The van der Waals surface area contributed by atoms with Crippen molar-refractivity contribution in [1.29, 1.82) is 0 Å². The molecule has 0 amide bonds. The third-order valence-corrected chi connectivity index (χ3v) is 11.1. The first kappa shape index (κ1) is 28.0. The van der Waals surface area contributed by atoms with Crippen LogP contribution in [-0.4, -0.2) is 11.1 Å². The van der Waals surface area contributed by atoms with Crippen LogP contribution < -0.4 is 0 Å². The van der Waals surface area contributed by atoms with E-state index in [0.29, 0.717) is 5.41 Å². The third-order valence-electron chi connectivity index (χ3n) is 11.1. The van der Waals surface area contributed by atoms with Crippen LogP contribution in [0.3, 0.4) is 0 Å². The van der Waals surface area contributed by atoms with Gasteiger partial charge in [0.2, 0.25) is 0 Å². The molecule has 0 aromatic rings. The van der Waals surface area contributed by atoms with E-state index >= 15 is 0 Å². The number of hydrogen-bond donors (Lipinski definition) is 1. The highest BCUT2D eigenvalue weighted by atomic mass is 16.4. The minimum absolute atomic E-state index is 0.0610. The summed E-state index contributed by atoms with van der Waals surface area (Å²) in [6.07, 6.45) is 32.6. The van der Waals surface area contributed by atoms with Crippen LogP contribution in [0.15, 0.2) is 0 Å². The molecule has 0 aromatic heterocycles. The van der Waals surface area contributed by atoms with Gasteiger partial charge in [-0.1, -0.05) is 110 Å². The molecule has 3 fully saturated rings. The van der Waals surface area contributed by atoms with Crippen molar-refractivity contribution in [3.05, 3.63) is 0 Å². The maximum absolute atomic E-state index is 12.9. The Bertz CT molecular complexity index is 574. The second-order valence-corrected chi connectivity index (χ2v) is 12.9. The molecule has 0 bridgehead atoms. The van der Waals surface area contributed by atoms with Gasteiger partial charge in [0.1, 0.15) is 0 Å². The first-order valence-electron chi connectivity index (χ1n) is 15.8. The fraction of sp³-hybridized carbons (Fsp3) is 0.969. The van der Waals surface area contributed by atoms with E-state index < -0.39 is 11.4 Å². The maximum atomic E-state index is 12.9. The highest BCUT2D eigenvalue weighted by Gasteiger charge is 2.58. The zero-order valence-corrected chi connectivity index (χ0v) is 23.1. The quantitative estimate of drug-likeness (QED) is 0.254. The van der Waals surface area contributed by atoms with E-state index in [2.05, 4.69) is 13.8 Å². The van der Waals surface area contributed by atoms with Gasteiger partial charge in [-0.25, -0.2) is 0 Å². The number of unbranched alkanes of at least 4 members (excludes halogenated alkanes) is 7. The predicted octanol–water partition coefficient (Wildman–Crippen LogP) is 10.5. The molecule has 0 atom stereocenters. The zero-order chi connectivity index (χ0) is 24.3. The van der Waals surface area contributed by atoms with Crippen LogP contribution in [-0.2, 0) is 4.79 Å². The van der Waals surface area contributed by atoms with Crippen molar-refractivity contribution in [2.75, 3.05) is 0 Å². The molecule has 1 N–H and O–H groups in total. The van der Waals surface area contributed by atoms with Crippen molar-refractivity contribution in [3.8, 4) is 0 Å². The molecule has 3 aliphatic carbocycles. The van der Waals surface area contributed by atoms with Crippen molar-refractivity contribution in [3.63, 3.8) is 0 Å². The van der Waals surface area contributed by atoms with Gasteiger partial charge in [-0.05, 0) is 81.0 Å². The van der Waals surface area contributed by atoms with Gasteiger partial charge in [-0.2, -0.15) is 0 Å². The smallest absolute Gasteiger partial charge is 0.310 e. The van der Waals surface area contributed by atoms with E-state index in [1.165, 1.54) is 122 Å². The lowest BCUT2D eigenvalue weighted by Crippen LogP contribution is -2.53. The molecule has 3 rings (SSSR count). The molecule has 0 spiro atoms. The normalized spacial score (nSPS) is 30.3. The van der Waals surface area contributed by atoms with E-state index in [-0.39, 0.29) is 5.41 Å². The Morgan fingerprint density at radius 3 is 1.76 bits per heavy atom. The first-order chi connectivity index (χ1) is 16.5. The molecule has 3 aliphatic rings. The molecular formula is C32H58O2. The summed E-state index contributed by atoms with van der Waals surface area (Å²) >= 11 is 0. The minimum Gasteiger partial charge on any atom is -0.481 e. The van der Waals surface area contributed by atoms with Crippen LogP contribution in [0.4, 0.5) is 0 Å². The molecule has 198 valence electrons. The van der Waals surface area contributed by atoms with Gasteiger partial charge in [0, 0.05) is 0 Å². The van der Waals surface area contributed by atoms with Crippen LogP contribution >= 0.6 is 0 Å². The fourth-order valence-electron chi connectivity index (χ4n) is 8.99. The molecule has 0 heterocycles. The molecule has 0 unspecified atom stereocenters. The van der Waals surface area contributed by atoms with Crippen molar-refractivity contribution >= 4 is 5.97 Å². The molecule has 0 radical (unpaired) electrons. The molecule has 0 saturated heterocycles. The van der Waals surface area contributed by atoms with Crippen LogP contribution in [0.1, 0.15) is 174 Å². The van der Waals surface area contributed by atoms with E-state index in [1.807, 2.05) is 0 Å². The lowest BCUT2D eigenvalue weighted by atomic mass is 9.46. The molecule has 34 heavy (non-hydrogen) atoms. The van der Waals surface area contributed by atoms with Crippen molar-refractivity contribution < 1.29 is 9.90 Å². The highest BCUT2D eigenvalue weighted by Crippen LogP contribution is 2.64. The van der Waals surface area contributed by atoms with Crippen molar-refractivity contribution in [2.24, 2.45) is 22.2 Å². The molecule has 2 heteroatoms. The zero-order valence-electron chi connectivity index (χ0n) is 23.1. The largest absolute Gasteiger partial charge is 0.481 e. The Balaban J connectivity index is 1.67. The van der Waals surface area contributed by atoms with Gasteiger partial charge in [0.25, 0.3) is 0 Å². The number of rotatable bonds is 14. The molecule has 2 nitrogen and oxygen atoms in total. The van der Waals surface area contributed by atoms with Crippen LogP contribution in [0.25, 0.3) is 0 Å². The number of carboxylic acid groups (broad SMARTS) is 1. The summed E-state index contributed by atoms with van der Waals surface area (Å²) in [4.78, 5) is 12.9. The minimum atomic E-state index is -0.450. The van der Waals surface area contributed by atoms with Gasteiger partial charge in [0.15, 0.2) is 0 Å². The molecule has 0 aromatic carbocycles. The monoisotopic (exact) mass is 474 g/mol. The lowest BCUT2D eigenvalue weighted by Gasteiger charge is -2.58. The van der Waals surface area contributed by atoms with E-state index in [0.717, 1.165) is 44.4 Å². The summed E-state index contributed by atoms with van der Waals surface area (Å²) in [7, 11) is 0. The summed E-state index contributed by atoms with van der Waals surface area (Å²) in [5, 5.41) is 10.6. The van der Waals surface area contributed by atoms with Crippen LogP contribution in [0, 0.1) is 22.2 Å². The van der Waals surface area contributed by atoms with Crippen molar-refractivity contribution in [1.82, 2.24) is 0 Å². The maximum Gasteiger partial charge on any atom is 0.310 e. The Morgan fingerprint density at radius 2 is 1.21 bits per heavy atom. The Labute approximate surface area is 212 Å². The number of carbonyl (C=O) groups is 1.